The number of hydrogen-bond donors (Lipinski definition) is 1. The number of anilines is 1. The molecule has 3 aromatic heterocycles. The zero-order chi connectivity index (χ0) is 14.1. The molecular weight excluding hydrogens is 265 g/mol. The van der Waals surface area contributed by atoms with Crippen molar-refractivity contribution in [2.45, 2.75) is 6.92 Å². The molecule has 0 spiro atoms. The lowest BCUT2D eigenvalue weighted by atomic mass is 10.4. The quantitative estimate of drug-likeness (QED) is 0.784. The monoisotopic (exact) mass is 275 g/mol. The van der Waals surface area contributed by atoms with Crippen LogP contribution < -0.4 is 5.32 Å². The Kier molecular flexibility index (Phi) is 2.90. The van der Waals surface area contributed by atoms with E-state index in [1.54, 1.807) is 19.1 Å². The fourth-order valence-electron chi connectivity index (χ4n) is 1.80. The Bertz CT molecular complexity index is 766. The first-order valence-electron chi connectivity index (χ1n) is 5.81. The number of carbonyl (C=O) groups excluding carboxylic acids is 1. The highest BCUT2D eigenvalue weighted by molar-refractivity contribution is 5.91. The number of amides is 1. The Balaban J connectivity index is 2.17. The van der Waals surface area contributed by atoms with E-state index in [0.29, 0.717) is 23.1 Å². The van der Waals surface area contributed by atoms with Gasteiger partial charge in [-0.25, -0.2) is 14.4 Å². The average molecular weight is 275 g/mol. The molecular formula is C12H10FN5O2. The highest BCUT2D eigenvalue weighted by Gasteiger charge is 2.14. The molecule has 0 unspecified atom stereocenters. The maximum atomic E-state index is 12.3. The number of aromatic nitrogens is 4. The second kappa shape index (κ2) is 4.72. The maximum absolute atomic E-state index is 12.3. The minimum Gasteiger partial charge on any atom is -0.461 e. The Morgan fingerprint density at radius 3 is 3.05 bits per heavy atom. The third-order valence-corrected chi connectivity index (χ3v) is 2.56. The molecule has 0 fully saturated rings. The van der Waals surface area contributed by atoms with Crippen LogP contribution in [0.1, 0.15) is 5.82 Å². The summed E-state index contributed by atoms with van der Waals surface area (Å²) >= 11 is 0. The molecule has 0 bridgehead atoms. The topological polar surface area (TPSA) is 85.3 Å². The molecule has 20 heavy (non-hydrogen) atoms. The summed E-state index contributed by atoms with van der Waals surface area (Å²) in [5.41, 5.74) is 0.484. The minimum absolute atomic E-state index is 0.193. The second-order valence-corrected chi connectivity index (χ2v) is 4.05. The Labute approximate surface area is 112 Å². The number of alkyl halides is 1. The molecule has 102 valence electrons. The number of carbonyl (C=O) groups is 1. The summed E-state index contributed by atoms with van der Waals surface area (Å²) in [6.45, 7) is 0.618. The van der Waals surface area contributed by atoms with Gasteiger partial charge in [-0.3, -0.25) is 4.79 Å². The van der Waals surface area contributed by atoms with E-state index in [1.165, 1.54) is 16.8 Å². The molecule has 0 aliphatic heterocycles. The second-order valence-electron chi connectivity index (χ2n) is 4.05. The van der Waals surface area contributed by atoms with Crippen molar-refractivity contribution in [2.75, 3.05) is 12.0 Å². The molecule has 0 aliphatic carbocycles. The summed E-state index contributed by atoms with van der Waals surface area (Å²) in [5.74, 6) is 0.814. The fourth-order valence-corrected chi connectivity index (χ4v) is 1.80. The summed E-state index contributed by atoms with van der Waals surface area (Å²) in [7, 11) is 0. The van der Waals surface area contributed by atoms with E-state index < -0.39 is 12.6 Å². The maximum Gasteiger partial charge on any atom is 0.256 e. The van der Waals surface area contributed by atoms with E-state index in [2.05, 4.69) is 20.4 Å². The van der Waals surface area contributed by atoms with Crippen molar-refractivity contribution in [3.8, 4) is 11.6 Å². The van der Waals surface area contributed by atoms with E-state index in [-0.39, 0.29) is 5.82 Å². The highest BCUT2D eigenvalue weighted by atomic mass is 19.1. The standard InChI is InChI=1S/C12H10FN5O2/c1-7-14-10-5-9(15-11(19)6-13)16-12(18(10)17-7)8-3-2-4-20-8/h2-5H,6H2,1H3,(H,15,19). The Morgan fingerprint density at radius 2 is 2.35 bits per heavy atom. The van der Waals surface area contributed by atoms with Gasteiger partial charge in [0.2, 0.25) is 5.82 Å². The summed E-state index contributed by atoms with van der Waals surface area (Å²) in [6.07, 6.45) is 1.50. The van der Waals surface area contributed by atoms with Crippen LogP contribution >= 0.6 is 0 Å². The zero-order valence-corrected chi connectivity index (χ0v) is 10.5. The van der Waals surface area contributed by atoms with Gasteiger partial charge in [0, 0.05) is 6.07 Å². The number of furan rings is 1. The molecule has 1 N–H and O–H groups in total. The van der Waals surface area contributed by atoms with Gasteiger partial charge in [-0.2, -0.15) is 4.52 Å². The third-order valence-electron chi connectivity index (χ3n) is 2.56. The summed E-state index contributed by atoms with van der Waals surface area (Å²) < 4.78 is 19.1. The molecule has 0 atom stereocenters. The molecule has 1 amide bonds. The van der Waals surface area contributed by atoms with E-state index in [9.17, 15) is 9.18 Å². The summed E-state index contributed by atoms with van der Waals surface area (Å²) in [6, 6.07) is 4.93. The number of aryl methyl sites for hydroxylation is 1. The van der Waals surface area contributed by atoms with Gasteiger partial charge in [-0.05, 0) is 19.1 Å². The molecule has 3 heterocycles. The lowest BCUT2D eigenvalue weighted by Crippen LogP contribution is -2.15. The van der Waals surface area contributed by atoms with Crippen molar-refractivity contribution >= 4 is 17.4 Å². The lowest BCUT2D eigenvalue weighted by molar-refractivity contribution is -0.117. The predicted molar refractivity (Wildman–Crippen MR) is 67.8 cm³/mol. The van der Waals surface area contributed by atoms with Crippen molar-refractivity contribution < 1.29 is 13.6 Å². The SMILES string of the molecule is Cc1nc2cc(NC(=O)CF)nc(-c3ccco3)n2n1. The molecule has 3 rings (SSSR count). The number of fused-ring (bicyclic) bond motifs is 1. The third kappa shape index (κ3) is 2.11. The van der Waals surface area contributed by atoms with Crippen LogP contribution in [0.2, 0.25) is 0 Å². The van der Waals surface area contributed by atoms with Gasteiger partial charge in [0.25, 0.3) is 5.91 Å². The van der Waals surface area contributed by atoms with E-state index in [1.807, 2.05) is 0 Å². The van der Waals surface area contributed by atoms with Crippen LogP contribution in [0.4, 0.5) is 10.2 Å². The average Bonchev–Trinajstić information content (AvgIpc) is 3.05. The van der Waals surface area contributed by atoms with E-state index in [0.717, 1.165) is 0 Å². The van der Waals surface area contributed by atoms with Crippen molar-refractivity contribution in [3.05, 3.63) is 30.3 Å². The molecule has 0 aliphatic rings. The first kappa shape index (κ1) is 12.3. The van der Waals surface area contributed by atoms with Gasteiger partial charge in [0.15, 0.2) is 18.1 Å². The lowest BCUT2D eigenvalue weighted by Gasteiger charge is -2.05. The smallest absolute Gasteiger partial charge is 0.256 e. The van der Waals surface area contributed by atoms with Gasteiger partial charge in [0.1, 0.15) is 11.6 Å². The first-order chi connectivity index (χ1) is 9.67. The van der Waals surface area contributed by atoms with Gasteiger partial charge in [-0.15, -0.1) is 5.10 Å². The van der Waals surface area contributed by atoms with Gasteiger partial charge in [0.05, 0.1) is 6.26 Å². The molecule has 0 saturated heterocycles. The zero-order valence-electron chi connectivity index (χ0n) is 10.5. The normalized spacial score (nSPS) is 10.9. The largest absolute Gasteiger partial charge is 0.461 e. The van der Waals surface area contributed by atoms with Gasteiger partial charge >= 0.3 is 0 Å². The van der Waals surface area contributed by atoms with E-state index >= 15 is 0 Å². The van der Waals surface area contributed by atoms with Crippen LogP contribution in [0, 0.1) is 6.92 Å². The summed E-state index contributed by atoms with van der Waals surface area (Å²) in [4.78, 5) is 19.5. The first-order valence-corrected chi connectivity index (χ1v) is 5.81. The molecule has 0 radical (unpaired) electrons. The predicted octanol–water partition coefficient (Wildman–Crippen LogP) is 1.60. The Hall–Kier alpha value is -2.77. The van der Waals surface area contributed by atoms with Crippen molar-refractivity contribution in [2.24, 2.45) is 0 Å². The number of halogens is 1. The number of rotatable bonds is 3. The Morgan fingerprint density at radius 1 is 1.50 bits per heavy atom. The van der Waals surface area contributed by atoms with Crippen LogP contribution in [0.25, 0.3) is 17.2 Å². The molecule has 0 saturated carbocycles. The summed E-state index contributed by atoms with van der Waals surface area (Å²) in [5, 5.41) is 6.55. The van der Waals surface area contributed by atoms with Crippen LogP contribution in [0.3, 0.4) is 0 Å². The van der Waals surface area contributed by atoms with Crippen LogP contribution in [0.5, 0.6) is 0 Å². The van der Waals surface area contributed by atoms with Crippen molar-refractivity contribution in [3.63, 3.8) is 0 Å². The minimum atomic E-state index is -1.12. The molecule has 0 aromatic carbocycles. The van der Waals surface area contributed by atoms with Crippen LogP contribution in [-0.4, -0.2) is 32.2 Å². The number of nitrogens with zero attached hydrogens (tertiary/aromatic N) is 4. The number of nitrogens with one attached hydrogen (secondary N) is 1. The van der Waals surface area contributed by atoms with Crippen LogP contribution in [0.15, 0.2) is 28.9 Å². The molecule has 8 heteroatoms. The highest BCUT2D eigenvalue weighted by Crippen LogP contribution is 2.21. The molecule has 7 nitrogen and oxygen atoms in total. The van der Waals surface area contributed by atoms with Gasteiger partial charge in [-0.1, -0.05) is 0 Å². The fraction of sp³-hybridized carbons (Fsp3) is 0.167. The van der Waals surface area contributed by atoms with Crippen LogP contribution in [-0.2, 0) is 4.79 Å². The van der Waals surface area contributed by atoms with Crippen molar-refractivity contribution in [1.29, 1.82) is 0 Å². The molecule has 3 aromatic rings. The number of hydrogen-bond acceptors (Lipinski definition) is 5. The van der Waals surface area contributed by atoms with E-state index in [4.69, 9.17) is 4.42 Å². The van der Waals surface area contributed by atoms with Crippen molar-refractivity contribution in [1.82, 2.24) is 19.6 Å². The van der Waals surface area contributed by atoms with Gasteiger partial charge < -0.3 is 9.73 Å².